The summed E-state index contributed by atoms with van der Waals surface area (Å²) in [5.41, 5.74) is 1.71. The van der Waals surface area contributed by atoms with Gasteiger partial charge in [-0.25, -0.2) is 0 Å². The van der Waals surface area contributed by atoms with Crippen LogP contribution in [0.2, 0.25) is 0 Å². The Morgan fingerprint density at radius 1 is 1.33 bits per heavy atom. The van der Waals surface area contributed by atoms with Crippen molar-refractivity contribution in [2.75, 3.05) is 40.0 Å². The van der Waals surface area contributed by atoms with Gasteiger partial charge in [-0.05, 0) is 49.8 Å². The van der Waals surface area contributed by atoms with E-state index in [2.05, 4.69) is 10.2 Å². The van der Waals surface area contributed by atoms with E-state index in [1.807, 2.05) is 25.1 Å². The largest absolute Gasteiger partial charge is 0.496 e. The van der Waals surface area contributed by atoms with Crippen molar-refractivity contribution in [2.45, 2.75) is 32.2 Å². The highest BCUT2D eigenvalue weighted by Crippen LogP contribution is 2.20. The van der Waals surface area contributed by atoms with Crippen LogP contribution in [0.25, 0.3) is 0 Å². The number of carbonyl (C=O) groups excluding carboxylic acids is 1. The zero-order valence-corrected chi connectivity index (χ0v) is 14.7. The number of ether oxygens (including phenoxy) is 2. The van der Waals surface area contributed by atoms with Crippen LogP contribution in [0.3, 0.4) is 0 Å². The Morgan fingerprint density at radius 3 is 2.79 bits per heavy atom. The van der Waals surface area contributed by atoms with Crippen molar-refractivity contribution in [3.63, 3.8) is 0 Å². The van der Waals surface area contributed by atoms with Crippen LogP contribution in [-0.4, -0.2) is 56.8 Å². The quantitative estimate of drug-likeness (QED) is 0.898. The molecule has 2 fully saturated rings. The van der Waals surface area contributed by atoms with Gasteiger partial charge >= 0.3 is 0 Å². The summed E-state index contributed by atoms with van der Waals surface area (Å²) >= 11 is 0. The fourth-order valence-corrected chi connectivity index (χ4v) is 3.58. The zero-order chi connectivity index (χ0) is 16.9. The number of nitrogens with zero attached hydrogens (tertiary/aromatic N) is 1. The minimum absolute atomic E-state index is 0.00376. The molecule has 3 rings (SSSR count). The number of carbonyl (C=O) groups is 1. The number of methoxy groups -OCH3 is 1. The van der Waals surface area contributed by atoms with Crippen molar-refractivity contribution < 1.29 is 14.3 Å². The summed E-state index contributed by atoms with van der Waals surface area (Å²) in [6.45, 7) is 7.04. The number of hydrogen-bond acceptors (Lipinski definition) is 4. The van der Waals surface area contributed by atoms with Crippen molar-refractivity contribution in [1.29, 1.82) is 0 Å². The van der Waals surface area contributed by atoms with Gasteiger partial charge in [-0.1, -0.05) is 6.07 Å². The zero-order valence-electron chi connectivity index (χ0n) is 14.7. The normalized spacial score (nSPS) is 22.5. The summed E-state index contributed by atoms with van der Waals surface area (Å²) in [7, 11) is 1.63. The van der Waals surface area contributed by atoms with Crippen molar-refractivity contribution in [3.8, 4) is 5.75 Å². The number of hydrogen-bond donors (Lipinski definition) is 1. The topological polar surface area (TPSA) is 50.8 Å². The minimum Gasteiger partial charge on any atom is -0.496 e. The first kappa shape index (κ1) is 17.2. The highest BCUT2D eigenvalue weighted by Gasteiger charge is 2.24. The second kappa shape index (κ2) is 7.99. The third-order valence-electron chi connectivity index (χ3n) is 5.13. The van der Waals surface area contributed by atoms with Gasteiger partial charge in [0.15, 0.2) is 0 Å². The second-order valence-corrected chi connectivity index (χ2v) is 6.96. The summed E-state index contributed by atoms with van der Waals surface area (Å²) in [4.78, 5) is 15.0. The molecule has 1 aromatic rings. The standard InChI is InChI=1S/C19H28N2O3/c1-14-3-4-16(11-18(14)23-2)19(22)20-17-5-8-21(9-6-17)12-15-7-10-24-13-15/h3-4,11,15,17H,5-10,12-13H2,1-2H3,(H,20,22)/t15-/m0/s1. The lowest BCUT2D eigenvalue weighted by Crippen LogP contribution is -2.45. The van der Waals surface area contributed by atoms with Gasteiger partial charge < -0.3 is 19.7 Å². The molecule has 2 saturated heterocycles. The van der Waals surface area contributed by atoms with Crippen molar-refractivity contribution >= 4 is 5.91 Å². The van der Waals surface area contributed by atoms with Crippen LogP contribution in [-0.2, 0) is 4.74 Å². The second-order valence-electron chi connectivity index (χ2n) is 6.96. The number of aryl methyl sites for hydroxylation is 1. The van der Waals surface area contributed by atoms with Crippen LogP contribution < -0.4 is 10.1 Å². The summed E-state index contributed by atoms with van der Waals surface area (Å²) in [5, 5.41) is 3.17. The van der Waals surface area contributed by atoms with Crippen LogP contribution in [0.15, 0.2) is 18.2 Å². The van der Waals surface area contributed by atoms with Gasteiger partial charge in [0.1, 0.15) is 5.75 Å². The molecular formula is C19H28N2O3. The summed E-state index contributed by atoms with van der Waals surface area (Å²) in [6.07, 6.45) is 3.22. The van der Waals surface area contributed by atoms with Crippen LogP contribution in [0, 0.1) is 12.8 Å². The van der Waals surface area contributed by atoms with Gasteiger partial charge in [0.2, 0.25) is 0 Å². The molecule has 5 nitrogen and oxygen atoms in total. The first-order valence-corrected chi connectivity index (χ1v) is 8.91. The monoisotopic (exact) mass is 332 g/mol. The maximum Gasteiger partial charge on any atom is 0.251 e. The molecule has 0 bridgehead atoms. The van der Waals surface area contributed by atoms with Crippen LogP contribution in [0.5, 0.6) is 5.75 Å². The average Bonchev–Trinajstić information content (AvgIpc) is 3.10. The van der Waals surface area contributed by atoms with Gasteiger partial charge in [0.05, 0.1) is 13.7 Å². The smallest absolute Gasteiger partial charge is 0.251 e. The number of likely N-dealkylation sites (tertiary alicyclic amines) is 1. The molecule has 0 unspecified atom stereocenters. The summed E-state index contributed by atoms with van der Waals surface area (Å²) in [6, 6.07) is 5.88. The molecule has 0 aliphatic carbocycles. The molecule has 5 heteroatoms. The molecule has 0 aromatic heterocycles. The molecule has 0 radical (unpaired) electrons. The highest BCUT2D eigenvalue weighted by atomic mass is 16.5. The van der Waals surface area contributed by atoms with Crippen LogP contribution in [0.4, 0.5) is 0 Å². The van der Waals surface area contributed by atoms with Gasteiger partial charge in [-0.3, -0.25) is 4.79 Å². The van der Waals surface area contributed by atoms with Gasteiger partial charge in [0, 0.05) is 37.8 Å². The van der Waals surface area contributed by atoms with Crippen LogP contribution in [0.1, 0.15) is 35.2 Å². The Bertz CT molecular complexity index is 562. The molecule has 2 aliphatic rings. The molecular weight excluding hydrogens is 304 g/mol. The first-order chi connectivity index (χ1) is 11.7. The van der Waals surface area contributed by atoms with E-state index in [-0.39, 0.29) is 11.9 Å². The third kappa shape index (κ3) is 4.28. The minimum atomic E-state index is -0.00376. The third-order valence-corrected chi connectivity index (χ3v) is 5.13. The molecule has 132 valence electrons. The van der Waals surface area contributed by atoms with Gasteiger partial charge in [-0.15, -0.1) is 0 Å². The first-order valence-electron chi connectivity index (χ1n) is 8.91. The number of rotatable bonds is 5. The predicted octanol–water partition coefficient (Wildman–Crippen LogP) is 2.23. The summed E-state index contributed by atoms with van der Waals surface area (Å²) < 4.78 is 10.8. The molecule has 0 spiro atoms. The van der Waals surface area contributed by atoms with E-state index >= 15 is 0 Å². The van der Waals surface area contributed by atoms with Crippen molar-refractivity contribution in [2.24, 2.45) is 5.92 Å². The SMILES string of the molecule is COc1cc(C(=O)NC2CCN(C[C@@H]3CCOC3)CC2)ccc1C. The van der Waals surface area contributed by atoms with Crippen molar-refractivity contribution in [1.82, 2.24) is 10.2 Å². The van der Waals surface area contributed by atoms with Crippen molar-refractivity contribution in [3.05, 3.63) is 29.3 Å². The molecule has 1 aromatic carbocycles. The maximum absolute atomic E-state index is 12.5. The van der Waals surface area contributed by atoms with Gasteiger partial charge in [0.25, 0.3) is 5.91 Å². The molecule has 2 aliphatic heterocycles. The molecule has 1 atom stereocenters. The lowest BCUT2D eigenvalue weighted by molar-refractivity contribution is 0.0903. The predicted molar refractivity (Wildman–Crippen MR) is 93.6 cm³/mol. The lowest BCUT2D eigenvalue weighted by atomic mass is 10.0. The van der Waals surface area contributed by atoms with E-state index in [1.165, 1.54) is 6.42 Å². The Labute approximate surface area is 144 Å². The number of amides is 1. The van der Waals surface area contributed by atoms with E-state index in [0.717, 1.165) is 57.0 Å². The molecule has 2 heterocycles. The van der Waals surface area contributed by atoms with E-state index in [0.29, 0.717) is 11.5 Å². The average molecular weight is 332 g/mol. The Morgan fingerprint density at radius 2 is 2.12 bits per heavy atom. The van der Waals surface area contributed by atoms with E-state index in [1.54, 1.807) is 7.11 Å². The fraction of sp³-hybridized carbons (Fsp3) is 0.632. The van der Waals surface area contributed by atoms with Crippen LogP contribution >= 0.6 is 0 Å². The number of nitrogens with one attached hydrogen (secondary N) is 1. The maximum atomic E-state index is 12.5. The Hall–Kier alpha value is -1.59. The number of benzene rings is 1. The Kier molecular flexibility index (Phi) is 5.74. The van der Waals surface area contributed by atoms with E-state index < -0.39 is 0 Å². The number of piperidine rings is 1. The molecule has 1 N–H and O–H groups in total. The Balaban J connectivity index is 1.47. The van der Waals surface area contributed by atoms with Gasteiger partial charge in [-0.2, -0.15) is 0 Å². The highest BCUT2D eigenvalue weighted by molar-refractivity contribution is 5.94. The van der Waals surface area contributed by atoms with E-state index in [4.69, 9.17) is 9.47 Å². The molecule has 1 amide bonds. The fourth-order valence-electron chi connectivity index (χ4n) is 3.58. The lowest BCUT2D eigenvalue weighted by Gasteiger charge is -2.33. The molecule has 0 saturated carbocycles. The molecule has 24 heavy (non-hydrogen) atoms. The van der Waals surface area contributed by atoms with E-state index in [9.17, 15) is 4.79 Å². The summed E-state index contributed by atoms with van der Waals surface area (Å²) in [5.74, 6) is 1.45.